The summed E-state index contributed by atoms with van der Waals surface area (Å²) < 4.78 is 11.5. The lowest BCUT2D eigenvalue weighted by molar-refractivity contribution is 0.0100. The van der Waals surface area contributed by atoms with Crippen LogP contribution < -0.4 is 4.74 Å². The summed E-state index contributed by atoms with van der Waals surface area (Å²) in [6.07, 6.45) is 6.14. The maximum absolute atomic E-state index is 6.62. The van der Waals surface area contributed by atoms with Crippen molar-refractivity contribution in [1.29, 1.82) is 0 Å². The largest absolute Gasteiger partial charge is 0.492 e. The number of hydrogen-bond donors (Lipinski definition) is 0. The highest BCUT2D eigenvalue weighted by atomic mass is 35.5. The predicted molar refractivity (Wildman–Crippen MR) is 86.4 cm³/mol. The van der Waals surface area contributed by atoms with E-state index < -0.39 is 0 Å². The summed E-state index contributed by atoms with van der Waals surface area (Å²) >= 11 is 6.62. The van der Waals surface area contributed by atoms with Gasteiger partial charge in [-0.2, -0.15) is 0 Å². The average Bonchev–Trinajstić information content (AvgIpc) is 2.81. The molecule has 116 valence electrons. The molecule has 2 aliphatic heterocycles. The normalized spacial score (nSPS) is 25.2. The van der Waals surface area contributed by atoms with Gasteiger partial charge in [-0.05, 0) is 49.8 Å². The average molecular weight is 309 g/mol. The van der Waals surface area contributed by atoms with Gasteiger partial charge in [-0.25, -0.2) is 0 Å². The molecule has 0 aliphatic carbocycles. The summed E-state index contributed by atoms with van der Waals surface area (Å²) in [6.45, 7) is 6.13. The Balaban J connectivity index is 1.63. The number of benzene rings is 1. The molecule has 0 spiro atoms. The van der Waals surface area contributed by atoms with Crippen LogP contribution in [-0.4, -0.2) is 19.3 Å². The Labute approximate surface area is 132 Å². The van der Waals surface area contributed by atoms with Gasteiger partial charge < -0.3 is 9.47 Å². The van der Waals surface area contributed by atoms with Crippen molar-refractivity contribution >= 4 is 11.6 Å². The van der Waals surface area contributed by atoms with Crippen molar-refractivity contribution in [3.05, 3.63) is 29.3 Å². The predicted octanol–water partition coefficient (Wildman–Crippen LogP) is 4.99. The maximum atomic E-state index is 6.62. The van der Waals surface area contributed by atoms with Crippen molar-refractivity contribution in [2.24, 2.45) is 0 Å². The molecular weight excluding hydrogens is 284 g/mol. The monoisotopic (exact) mass is 308 g/mol. The lowest BCUT2D eigenvalue weighted by Crippen LogP contribution is -2.19. The molecule has 1 aromatic carbocycles. The lowest BCUT2D eigenvalue weighted by Gasteiger charge is -2.23. The Morgan fingerprint density at radius 1 is 1.33 bits per heavy atom. The van der Waals surface area contributed by atoms with Gasteiger partial charge in [0.1, 0.15) is 5.75 Å². The zero-order valence-corrected chi connectivity index (χ0v) is 13.8. The van der Waals surface area contributed by atoms with Crippen LogP contribution in [0.1, 0.15) is 62.5 Å². The molecular formula is C18H25ClO2. The Kier molecular flexibility index (Phi) is 4.46. The van der Waals surface area contributed by atoms with E-state index in [9.17, 15) is 0 Å². The summed E-state index contributed by atoms with van der Waals surface area (Å²) in [5, 5.41) is 0.0669. The summed E-state index contributed by atoms with van der Waals surface area (Å²) in [6, 6.07) is 6.42. The summed E-state index contributed by atoms with van der Waals surface area (Å²) in [5.41, 5.74) is 2.60. The molecule has 0 bridgehead atoms. The van der Waals surface area contributed by atoms with E-state index in [1.807, 2.05) is 0 Å². The second-order valence-electron chi connectivity index (χ2n) is 6.96. The quantitative estimate of drug-likeness (QED) is 0.730. The van der Waals surface area contributed by atoms with E-state index in [0.717, 1.165) is 31.8 Å². The molecule has 0 amide bonds. The molecule has 0 saturated carbocycles. The van der Waals surface area contributed by atoms with Gasteiger partial charge in [0, 0.05) is 17.6 Å². The third-order valence-corrected chi connectivity index (χ3v) is 5.17. The van der Waals surface area contributed by atoms with Crippen LogP contribution in [0.15, 0.2) is 18.2 Å². The third-order valence-electron chi connectivity index (χ3n) is 4.70. The third kappa shape index (κ3) is 3.37. The van der Waals surface area contributed by atoms with Crippen molar-refractivity contribution in [1.82, 2.24) is 0 Å². The fraction of sp³-hybridized carbons (Fsp3) is 0.667. The van der Waals surface area contributed by atoms with Crippen molar-refractivity contribution in [2.45, 2.75) is 62.8 Å². The Bertz CT molecular complexity index is 492. The highest BCUT2D eigenvalue weighted by Gasteiger charge is 2.32. The molecule has 2 unspecified atom stereocenters. The van der Waals surface area contributed by atoms with E-state index in [0.29, 0.717) is 6.10 Å². The lowest BCUT2D eigenvalue weighted by atomic mass is 9.85. The minimum atomic E-state index is 0.0669. The van der Waals surface area contributed by atoms with E-state index in [4.69, 9.17) is 21.1 Å². The van der Waals surface area contributed by atoms with Crippen LogP contribution in [-0.2, 0) is 10.2 Å². The summed E-state index contributed by atoms with van der Waals surface area (Å²) in [5.74, 6) is 1.02. The van der Waals surface area contributed by atoms with Crippen LogP contribution in [0.2, 0.25) is 0 Å². The van der Waals surface area contributed by atoms with Gasteiger partial charge in [-0.1, -0.05) is 19.9 Å². The van der Waals surface area contributed by atoms with E-state index in [2.05, 4.69) is 32.0 Å². The van der Waals surface area contributed by atoms with Crippen LogP contribution in [0.3, 0.4) is 0 Å². The van der Waals surface area contributed by atoms with Crippen LogP contribution >= 0.6 is 11.6 Å². The number of rotatable bonds is 4. The molecule has 1 saturated heterocycles. The Morgan fingerprint density at radius 2 is 2.19 bits per heavy atom. The number of fused-ring (bicyclic) bond motifs is 1. The van der Waals surface area contributed by atoms with E-state index >= 15 is 0 Å². The molecule has 2 aliphatic rings. The zero-order chi connectivity index (χ0) is 14.9. The smallest absolute Gasteiger partial charge is 0.123 e. The Morgan fingerprint density at radius 3 is 2.95 bits per heavy atom. The van der Waals surface area contributed by atoms with E-state index in [1.165, 1.54) is 30.4 Å². The maximum Gasteiger partial charge on any atom is 0.123 e. The number of alkyl halides is 1. The van der Waals surface area contributed by atoms with E-state index in [1.54, 1.807) is 0 Å². The van der Waals surface area contributed by atoms with Gasteiger partial charge in [-0.15, -0.1) is 11.6 Å². The Hall–Kier alpha value is -0.730. The number of halogens is 1. The second-order valence-corrected chi connectivity index (χ2v) is 7.49. The first-order valence-electron chi connectivity index (χ1n) is 8.09. The second kappa shape index (κ2) is 6.18. The molecule has 0 radical (unpaired) electrons. The number of ether oxygens (including phenoxy) is 2. The molecule has 0 aromatic heterocycles. The first-order valence-corrected chi connectivity index (χ1v) is 8.53. The van der Waals surface area contributed by atoms with Crippen molar-refractivity contribution in [3.8, 4) is 5.75 Å². The fourth-order valence-corrected chi connectivity index (χ4v) is 3.53. The molecule has 3 heteroatoms. The molecule has 1 fully saturated rings. The molecule has 21 heavy (non-hydrogen) atoms. The highest BCUT2D eigenvalue weighted by molar-refractivity contribution is 6.20. The minimum Gasteiger partial charge on any atom is -0.492 e. The van der Waals surface area contributed by atoms with Crippen molar-refractivity contribution in [2.75, 3.05) is 13.2 Å². The molecule has 0 N–H and O–H groups in total. The van der Waals surface area contributed by atoms with Crippen molar-refractivity contribution in [3.63, 3.8) is 0 Å². The SMILES string of the molecule is CC1(C)COc2ccc(C(Cl)CCC3CCCCO3)cc21. The standard InChI is InChI=1S/C18H25ClO2/c1-18(2)12-21-17-9-6-13(11-15(17)18)16(19)8-7-14-5-3-4-10-20-14/h6,9,11,14,16H,3-5,7-8,10,12H2,1-2H3. The van der Waals surface area contributed by atoms with E-state index in [-0.39, 0.29) is 10.8 Å². The zero-order valence-electron chi connectivity index (χ0n) is 13.0. The molecule has 2 nitrogen and oxygen atoms in total. The van der Waals surface area contributed by atoms with Crippen LogP contribution in [0.5, 0.6) is 5.75 Å². The van der Waals surface area contributed by atoms with Gasteiger partial charge in [0.25, 0.3) is 0 Å². The summed E-state index contributed by atoms with van der Waals surface area (Å²) in [7, 11) is 0. The van der Waals surface area contributed by atoms with Gasteiger partial charge in [0.05, 0.1) is 18.1 Å². The first kappa shape index (κ1) is 15.2. The topological polar surface area (TPSA) is 18.5 Å². The van der Waals surface area contributed by atoms with Crippen LogP contribution in [0.25, 0.3) is 0 Å². The molecule has 2 atom stereocenters. The summed E-state index contributed by atoms with van der Waals surface area (Å²) in [4.78, 5) is 0. The van der Waals surface area contributed by atoms with Crippen LogP contribution in [0, 0.1) is 0 Å². The van der Waals surface area contributed by atoms with Crippen molar-refractivity contribution < 1.29 is 9.47 Å². The number of hydrogen-bond acceptors (Lipinski definition) is 2. The van der Waals surface area contributed by atoms with Crippen LogP contribution in [0.4, 0.5) is 0 Å². The van der Waals surface area contributed by atoms with Gasteiger partial charge in [-0.3, -0.25) is 0 Å². The van der Waals surface area contributed by atoms with Gasteiger partial charge in [0.15, 0.2) is 0 Å². The molecule has 3 rings (SSSR count). The molecule has 2 heterocycles. The first-order chi connectivity index (χ1) is 10.1. The highest BCUT2D eigenvalue weighted by Crippen LogP contribution is 2.41. The van der Waals surface area contributed by atoms with Gasteiger partial charge in [0.2, 0.25) is 0 Å². The minimum absolute atomic E-state index is 0.0669. The molecule has 1 aromatic rings. The fourth-order valence-electron chi connectivity index (χ4n) is 3.27. The van der Waals surface area contributed by atoms with Gasteiger partial charge >= 0.3 is 0 Å².